The van der Waals surface area contributed by atoms with Gasteiger partial charge in [0.1, 0.15) is 0 Å². The lowest BCUT2D eigenvalue weighted by molar-refractivity contribution is -0.655. The Morgan fingerprint density at radius 3 is 1.73 bits per heavy atom. The fourth-order valence-electron chi connectivity index (χ4n) is 3.75. The molecule has 172 valence electrons. The molecule has 0 radical (unpaired) electrons. The third-order valence-electron chi connectivity index (χ3n) is 5.70. The van der Waals surface area contributed by atoms with E-state index in [1.54, 1.807) is 6.07 Å². The smallest absolute Gasteiger partial charge is 0.160 e. The van der Waals surface area contributed by atoms with E-state index in [-0.39, 0.29) is 16.5 Å². The van der Waals surface area contributed by atoms with Gasteiger partial charge in [-0.3, -0.25) is 0 Å². The van der Waals surface area contributed by atoms with Gasteiger partial charge in [-0.25, -0.2) is 10.1 Å². The van der Waals surface area contributed by atoms with Crippen molar-refractivity contribution in [3.8, 4) is 11.5 Å². The highest BCUT2D eigenvalue weighted by atomic mass is 16.7. The average Bonchev–Trinajstić information content (AvgIpc) is 2.72. The highest BCUT2D eigenvalue weighted by Crippen LogP contribution is 2.25. The van der Waals surface area contributed by atoms with Crippen LogP contribution in [0.25, 0.3) is 0 Å². The maximum Gasteiger partial charge on any atom is 0.160 e. The molecule has 0 aliphatic heterocycles. The van der Waals surface area contributed by atoms with Gasteiger partial charge in [-0.2, -0.15) is 0 Å². The van der Waals surface area contributed by atoms with E-state index in [1.165, 1.54) is 87.8 Å². The lowest BCUT2D eigenvalue weighted by Crippen LogP contribution is -2.33. The van der Waals surface area contributed by atoms with Crippen LogP contribution in [-0.2, 0) is 6.42 Å². The van der Waals surface area contributed by atoms with Crippen LogP contribution in [0.4, 0.5) is 0 Å². The van der Waals surface area contributed by atoms with Crippen LogP contribution in [0.15, 0.2) is 18.2 Å². The minimum absolute atomic E-state index is 0.174. The Morgan fingerprint density at radius 1 is 0.767 bits per heavy atom. The van der Waals surface area contributed by atoms with Crippen LogP contribution in [-0.4, -0.2) is 33.3 Å². The molecule has 0 bridgehead atoms. The molecule has 30 heavy (non-hydrogen) atoms. The fraction of sp³-hybridized carbons (Fsp3) is 0.750. The molecule has 6 nitrogen and oxygen atoms in total. The van der Waals surface area contributed by atoms with Crippen LogP contribution in [0.2, 0.25) is 0 Å². The maximum atomic E-state index is 11.2. The highest BCUT2D eigenvalue weighted by Gasteiger charge is 2.14. The Bertz CT molecular complexity index is 580. The monoisotopic (exact) mass is 422 g/mol. The molecule has 0 unspecified atom stereocenters. The number of hydrogen-bond acceptors (Lipinski definition) is 4. The maximum absolute atomic E-state index is 11.2. The van der Waals surface area contributed by atoms with Gasteiger partial charge in [-0.1, -0.05) is 96.5 Å². The third kappa shape index (κ3) is 12.6. The van der Waals surface area contributed by atoms with Crippen LogP contribution in [0, 0.1) is 10.1 Å². The van der Waals surface area contributed by atoms with Gasteiger partial charge in [0.2, 0.25) is 0 Å². The first kappa shape index (κ1) is 26.1. The number of nitro groups is 1. The summed E-state index contributed by atoms with van der Waals surface area (Å²) in [4.78, 5) is 11.2. The van der Waals surface area contributed by atoms with Crippen molar-refractivity contribution < 1.29 is 15.2 Å². The van der Waals surface area contributed by atoms with E-state index in [2.05, 4.69) is 6.92 Å². The first-order chi connectivity index (χ1) is 14.5. The van der Waals surface area contributed by atoms with Gasteiger partial charge in [0, 0.05) is 0 Å². The standard InChI is InChI=1S/C24H42N2O4/c1-2-3-4-5-6-7-8-9-10-11-12-13-14-15-19-25(26(29)30)20-18-22-16-17-23(27)24(28)21-22/h16-17,21,27-28H,2-15,18-20H2,1H3. The predicted molar refractivity (Wildman–Crippen MR) is 122 cm³/mol. The van der Waals surface area contributed by atoms with Crippen LogP contribution in [0.1, 0.15) is 102 Å². The molecule has 6 heteroatoms. The summed E-state index contributed by atoms with van der Waals surface area (Å²) in [6.45, 7) is 3.01. The van der Waals surface area contributed by atoms with E-state index in [0.29, 0.717) is 19.5 Å². The summed E-state index contributed by atoms with van der Waals surface area (Å²) < 4.78 is 0. The Kier molecular flexibility index (Phi) is 14.6. The zero-order valence-electron chi connectivity index (χ0n) is 18.9. The molecule has 0 atom stereocenters. The quantitative estimate of drug-likeness (QED) is 0.113. The molecule has 0 saturated carbocycles. The molecule has 0 spiro atoms. The summed E-state index contributed by atoms with van der Waals surface area (Å²) in [5, 5.41) is 31.0. The summed E-state index contributed by atoms with van der Waals surface area (Å²) in [5.74, 6) is -0.362. The molecule has 0 aromatic heterocycles. The summed E-state index contributed by atoms with van der Waals surface area (Å²) in [6, 6.07) is 4.55. The van der Waals surface area contributed by atoms with Gasteiger partial charge in [0.15, 0.2) is 16.5 Å². The molecule has 1 rings (SSSR count). The largest absolute Gasteiger partial charge is 0.504 e. The van der Waals surface area contributed by atoms with Crippen LogP contribution in [0.3, 0.4) is 0 Å². The Morgan fingerprint density at radius 2 is 1.27 bits per heavy atom. The molecule has 0 aliphatic carbocycles. The number of phenolic OH excluding ortho intramolecular Hbond substituents is 2. The van der Waals surface area contributed by atoms with Gasteiger partial charge in [0.25, 0.3) is 0 Å². The second-order valence-corrected chi connectivity index (χ2v) is 8.36. The van der Waals surface area contributed by atoms with Gasteiger partial charge in [0.05, 0.1) is 13.1 Å². The number of hydrazine groups is 1. The molecule has 0 heterocycles. The molecule has 0 aliphatic rings. The van der Waals surface area contributed by atoms with E-state index < -0.39 is 0 Å². The second kappa shape index (κ2) is 16.8. The lowest BCUT2D eigenvalue weighted by atomic mass is 10.0. The summed E-state index contributed by atoms with van der Waals surface area (Å²) in [5.41, 5.74) is 0.776. The van der Waals surface area contributed by atoms with Crippen LogP contribution >= 0.6 is 0 Å². The SMILES string of the molecule is CCCCCCCCCCCCCCCCN(CCc1ccc(O)c(O)c1)[N+](=O)[O-]. The minimum Gasteiger partial charge on any atom is -0.504 e. The number of phenols is 2. The molecule has 0 fully saturated rings. The summed E-state index contributed by atoms with van der Waals surface area (Å²) >= 11 is 0. The Balaban J connectivity index is 2.01. The summed E-state index contributed by atoms with van der Waals surface area (Å²) in [6.07, 6.45) is 18.2. The van der Waals surface area contributed by atoms with Gasteiger partial charge < -0.3 is 10.2 Å². The second-order valence-electron chi connectivity index (χ2n) is 8.36. The number of aromatic hydroxyl groups is 2. The van der Waals surface area contributed by atoms with Crippen molar-refractivity contribution in [3.63, 3.8) is 0 Å². The number of unbranched alkanes of at least 4 members (excludes halogenated alkanes) is 13. The van der Waals surface area contributed by atoms with Crippen LogP contribution in [0.5, 0.6) is 11.5 Å². The highest BCUT2D eigenvalue weighted by molar-refractivity contribution is 5.40. The molecule has 1 aromatic rings. The van der Waals surface area contributed by atoms with Gasteiger partial charge in [-0.05, 0) is 30.5 Å². The van der Waals surface area contributed by atoms with Crippen molar-refractivity contribution in [1.29, 1.82) is 0 Å². The molecule has 0 saturated heterocycles. The normalized spacial score (nSPS) is 11.0. The fourth-order valence-corrected chi connectivity index (χ4v) is 3.75. The third-order valence-corrected chi connectivity index (χ3v) is 5.70. The number of nitrogens with zero attached hydrogens (tertiary/aromatic N) is 2. The van der Waals surface area contributed by atoms with Gasteiger partial charge in [-0.15, -0.1) is 5.01 Å². The van der Waals surface area contributed by atoms with Crippen molar-refractivity contribution >= 4 is 0 Å². The van der Waals surface area contributed by atoms with Crippen molar-refractivity contribution in [2.75, 3.05) is 13.1 Å². The zero-order chi connectivity index (χ0) is 22.0. The van der Waals surface area contributed by atoms with E-state index in [1.807, 2.05) is 0 Å². The number of rotatable bonds is 19. The zero-order valence-corrected chi connectivity index (χ0v) is 18.9. The first-order valence-corrected chi connectivity index (χ1v) is 11.9. The Hall–Kier alpha value is -1.98. The van der Waals surface area contributed by atoms with Crippen LogP contribution < -0.4 is 0 Å². The summed E-state index contributed by atoms with van der Waals surface area (Å²) in [7, 11) is 0. The lowest BCUT2D eigenvalue weighted by Gasteiger charge is -2.14. The van der Waals surface area contributed by atoms with E-state index in [9.17, 15) is 20.3 Å². The van der Waals surface area contributed by atoms with Crippen molar-refractivity contribution in [2.45, 2.75) is 103 Å². The number of hydrogen-bond donors (Lipinski definition) is 2. The van der Waals surface area contributed by atoms with Gasteiger partial charge >= 0.3 is 0 Å². The molecular weight excluding hydrogens is 380 g/mol. The topological polar surface area (TPSA) is 86.8 Å². The number of benzene rings is 1. The van der Waals surface area contributed by atoms with Crippen molar-refractivity contribution in [2.24, 2.45) is 0 Å². The van der Waals surface area contributed by atoms with E-state index in [4.69, 9.17) is 0 Å². The predicted octanol–water partition coefficient (Wildman–Crippen LogP) is 6.62. The average molecular weight is 423 g/mol. The van der Waals surface area contributed by atoms with E-state index >= 15 is 0 Å². The molecule has 0 amide bonds. The molecule has 2 N–H and O–H groups in total. The molecular formula is C24H42N2O4. The molecule has 1 aromatic carbocycles. The Labute approximate surface area is 182 Å². The van der Waals surface area contributed by atoms with Crippen molar-refractivity contribution in [1.82, 2.24) is 5.01 Å². The first-order valence-electron chi connectivity index (χ1n) is 11.9. The van der Waals surface area contributed by atoms with E-state index in [0.717, 1.165) is 24.8 Å². The van der Waals surface area contributed by atoms with Crippen molar-refractivity contribution in [3.05, 3.63) is 33.9 Å². The minimum atomic E-state index is -0.331.